The molecule has 0 aliphatic heterocycles. The van der Waals surface area contributed by atoms with Gasteiger partial charge in [-0.1, -0.05) is 18.2 Å². The number of benzene rings is 1. The van der Waals surface area contributed by atoms with Crippen LogP contribution in [0.4, 0.5) is 0 Å². The lowest BCUT2D eigenvalue weighted by molar-refractivity contribution is 0.0949. The smallest absolute Gasteiger partial charge is 0.255 e. The SMILES string of the molecule is O=C(NCc1nnnn1-c1ccccc1)c1c(-n2cnnn2)sc2c1CCC2. The molecule has 1 N–H and O–H groups in total. The second-order valence-electron chi connectivity index (χ2n) is 6.32. The molecule has 1 aliphatic carbocycles. The van der Waals surface area contributed by atoms with Crippen molar-refractivity contribution in [2.45, 2.75) is 25.8 Å². The Balaban J connectivity index is 1.42. The van der Waals surface area contributed by atoms with Crippen molar-refractivity contribution in [1.29, 1.82) is 0 Å². The topological polar surface area (TPSA) is 116 Å². The number of rotatable bonds is 5. The Morgan fingerprint density at radius 1 is 1.14 bits per heavy atom. The van der Waals surface area contributed by atoms with E-state index in [1.807, 2.05) is 30.3 Å². The average Bonchev–Trinajstić information content (AvgIpc) is 3.50. The lowest BCUT2D eigenvalue weighted by Crippen LogP contribution is -2.26. The van der Waals surface area contributed by atoms with E-state index < -0.39 is 0 Å². The number of tetrazole rings is 2. The predicted molar refractivity (Wildman–Crippen MR) is 99.4 cm³/mol. The summed E-state index contributed by atoms with van der Waals surface area (Å²) in [5.41, 5.74) is 2.57. The third-order valence-electron chi connectivity index (χ3n) is 4.63. The largest absolute Gasteiger partial charge is 0.345 e. The minimum Gasteiger partial charge on any atom is -0.345 e. The highest BCUT2D eigenvalue weighted by Crippen LogP contribution is 2.37. The fraction of sp³-hybridized carbons (Fsp3) is 0.235. The quantitative estimate of drug-likeness (QED) is 0.540. The van der Waals surface area contributed by atoms with Gasteiger partial charge < -0.3 is 5.32 Å². The maximum absolute atomic E-state index is 13.1. The molecule has 1 aliphatic rings. The van der Waals surface area contributed by atoms with Gasteiger partial charge in [0.15, 0.2) is 5.82 Å². The summed E-state index contributed by atoms with van der Waals surface area (Å²) in [5, 5.41) is 26.8. The normalized spacial score (nSPS) is 12.9. The summed E-state index contributed by atoms with van der Waals surface area (Å²) >= 11 is 1.57. The van der Waals surface area contributed by atoms with Crippen molar-refractivity contribution < 1.29 is 4.79 Å². The molecular weight excluding hydrogens is 378 g/mol. The molecule has 0 fully saturated rings. The van der Waals surface area contributed by atoms with Crippen LogP contribution in [0.3, 0.4) is 0 Å². The molecule has 0 saturated heterocycles. The molecule has 10 nitrogen and oxygen atoms in total. The van der Waals surface area contributed by atoms with Gasteiger partial charge in [0, 0.05) is 4.88 Å². The molecule has 4 aromatic rings. The van der Waals surface area contributed by atoms with Crippen molar-refractivity contribution in [3.05, 3.63) is 58.5 Å². The van der Waals surface area contributed by atoms with Crippen LogP contribution in [0.1, 0.15) is 33.0 Å². The molecule has 0 unspecified atom stereocenters. The van der Waals surface area contributed by atoms with Crippen molar-refractivity contribution in [1.82, 2.24) is 45.7 Å². The third kappa shape index (κ3) is 2.85. The molecular formula is C17H15N9OS. The first-order valence-electron chi connectivity index (χ1n) is 8.80. The van der Waals surface area contributed by atoms with Gasteiger partial charge in [-0.15, -0.1) is 21.5 Å². The van der Waals surface area contributed by atoms with Crippen LogP contribution in [0, 0.1) is 0 Å². The molecule has 1 aromatic carbocycles. The molecule has 1 amide bonds. The number of carbonyl (C=O) groups is 1. The van der Waals surface area contributed by atoms with E-state index >= 15 is 0 Å². The van der Waals surface area contributed by atoms with Crippen molar-refractivity contribution in [3.8, 4) is 10.7 Å². The van der Waals surface area contributed by atoms with Gasteiger partial charge in [-0.05, 0) is 57.8 Å². The van der Waals surface area contributed by atoms with Gasteiger partial charge in [0.05, 0.1) is 17.8 Å². The average molecular weight is 393 g/mol. The zero-order valence-corrected chi connectivity index (χ0v) is 15.5. The molecule has 0 bridgehead atoms. The van der Waals surface area contributed by atoms with Gasteiger partial charge in [0.2, 0.25) is 0 Å². The van der Waals surface area contributed by atoms with Crippen LogP contribution in [0.5, 0.6) is 0 Å². The molecule has 3 aromatic heterocycles. The fourth-order valence-electron chi connectivity index (χ4n) is 3.37. The van der Waals surface area contributed by atoms with E-state index in [2.05, 4.69) is 36.4 Å². The Hall–Kier alpha value is -3.47. The van der Waals surface area contributed by atoms with Gasteiger partial charge in [0.1, 0.15) is 11.3 Å². The molecule has 28 heavy (non-hydrogen) atoms. The molecule has 0 atom stereocenters. The Morgan fingerprint density at radius 3 is 2.86 bits per heavy atom. The molecule has 5 rings (SSSR count). The molecule has 11 heteroatoms. The van der Waals surface area contributed by atoms with Gasteiger partial charge >= 0.3 is 0 Å². The first-order valence-corrected chi connectivity index (χ1v) is 9.61. The number of para-hydroxylation sites is 1. The molecule has 0 radical (unpaired) electrons. The number of nitrogens with one attached hydrogen (secondary N) is 1. The van der Waals surface area contributed by atoms with Gasteiger partial charge in [-0.3, -0.25) is 4.79 Å². The maximum atomic E-state index is 13.1. The van der Waals surface area contributed by atoms with Crippen molar-refractivity contribution in [3.63, 3.8) is 0 Å². The minimum absolute atomic E-state index is 0.174. The highest BCUT2D eigenvalue weighted by molar-refractivity contribution is 7.15. The third-order valence-corrected chi connectivity index (χ3v) is 5.91. The number of nitrogens with zero attached hydrogens (tertiary/aromatic N) is 8. The minimum atomic E-state index is -0.174. The van der Waals surface area contributed by atoms with Crippen LogP contribution in [0.25, 0.3) is 10.7 Å². The summed E-state index contributed by atoms with van der Waals surface area (Å²) in [6.45, 7) is 0.209. The van der Waals surface area contributed by atoms with E-state index in [9.17, 15) is 4.79 Å². The lowest BCUT2D eigenvalue weighted by atomic mass is 10.1. The fourth-order valence-corrected chi connectivity index (χ4v) is 4.68. The van der Waals surface area contributed by atoms with E-state index in [1.165, 1.54) is 11.2 Å². The summed E-state index contributed by atoms with van der Waals surface area (Å²) in [4.78, 5) is 14.3. The van der Waals surface area contributed by atoms with Gasteiger partial charge in [-0.2, -0.15) is 9.36 Å². The first kappa shape index (κ1) is 16.7. The van der Waals surface area contributed by atoms with Crippen LogP contribution >= 0.6 is 11.3 Å². The number of carbonyl (C=O) groups excluding carboxylic acids is 1. The summed E-state index contributed by atoms with van der Waals surface area (Å²) in [5.74, 6) is 0.378. The standard InChI is InChI=1S/C17H15N9OS/c27-16(18-9-14-20-22-24-26(14)11-5-2-1-3-6-11)15-12-7-4-8-13(12)28-17(15)25-10-19-21-23-25/h1-3,5-6,10H,4,7-9H2,(H,18,27). The van der Waals surface area contributed by atoms with Crippen LogP contribution in [-0.2, 0) is 19.4 Å². The van der Waals surface area contributed by atoms with Gasteiger partial charge in [-0.25, -0.2) is 0 Å². The number of hydrogen-bond acceptors (Lipinski definition) is 8. The maximum Gasteiger partial charge on any atom is 0.255 e. The van der Waals surface area contributed by atoms with Crippen LogP contribution in [-0.4, -0.2) is 46.3 Å². The van der Waals surface area contributed by atoms with E-state index in [0.717, 1.165) is 35.5 Å². The van der Waals surface area contributed by atoms with E-state index in [0.29, 0.717) is 11.4 Å². The Bertz CT molecular complexity index is 1120. The van der Waals surface area contributed by atoms with E-state index in [1.54, 1.807) is 20.7 Å². The van der Waals surface area contributed by atoms with E-state index in [4.69, 9.17) is 0 Å². The van der Waals surface area contributed by atoms with Gasteiger partial charge in [0.25, 0.3) is 5.91 Å². The summed E-state index contributed by atoms with van der Waals surface area (Å²) in [6, 6.07) is 9.55. The summed E-state index contributed by atoms with van der Waals surface area (Å²) < 4.78 is 3.16. The summed E-state index contributed by atoms with van der Waals surface area (Å²) in [6.07, 6.45) is 4.43. The Morgan fingerprint density at radius 2 is 2.04 bits per heavy atom. The number of aromatic nitrogens is 8. The lowest BCUT2D eigenvalue weighted by Gasteiger charge is -2.08. The zero-order valence-electron chi connectivity index (χ0n) is 14.7. The number of fused-ring (bicyclic) bond motifs is 1. The molecule has 0 saturated carbocycles. The monoisotopic (exact) mass is 393 g/mol. The van der Waals surface area contributed by atoms with Crippen LogP contribution in [0.15, 0.2) is 36.7 Å². The number of hydrogen-bond donors (Lipinski definition) is 1. The molecule has 3 heterocycles. The van der Waals surface area contributed by atoms with Crippen LogP contribution in [0.2, 0.25) is 0 Å². The van der Waals surface area contributed by atoms with E-state index in [-0.39, 0.29) is 12.5 Å². The zero-order chi connectivity index (χ0) is 18.9. The number of aryl methyl sites for hydroxylation is 1. The second-order valence-corrected chi connectivity index (χ2v) is 7.40. The number of thiophene rings is 1. The van der Waals surface area contributed by atoms with Crippen molar-refractivity contribution in [2.24, 2.45) is 0 Å². The van der Waals surface area contributed by atoms with Crippen LogP contribution < -0.4 is 5.32 Å². The summed E-state index contributed by atoms with van der Waals surface area (Å²) in [7, 11) is 0. The molecule has 140 valence electrons. The van der Waals surface area contributed by atoms with Crippen molar-refractivity contribution in [2.75, 3.05) is 0 Å². The second kappa shape index (κ2) is 6.93. The number of amides is 1. The highest BCUT2D eigenvalue weighted by atomic mass is 32.1. The van der Waals surface area contributed by atoms with Crippen molar-refractivity contribution >= 4 is 17.2 Å². The molecule has 0 spiro atoms. The Kier molecular flexibility index (Phi) is 4.13. The first-order chi connectivity index (χ1) is 13.8. The predicted octanol–water partition coefficient (Wildman–Crippen LogP) is 1.12. The Labute approximate surface area is 163 Å². The highest BCUT2D eigenvalue weighted by Gasteiger charge is 2.28.